The molecule has 60 heavy (non-hydrogen) atoms. The molecule has 3 N–H and O–H groups in total. The number of methoxy groups -OCH3 is 4. The van der Waals surface area contributed by atoms with Gasteiger partial charge in [-0.2, -0.15) is 4.98 Å². The summed E-state index contributed by atoms with van der Waals surface area (Å²) < 4.78 is 40.1. The van der Waals surface area contributed by atoms with Gasteiger partial charge in [0.15, 0.2) is 23.1 Å². The predicted octanol–water partition coefficient (Wildman–Crippen LogP) is 5.12. The number of aliphatic imine (C=N–C) groups is 1. The lowest BCUT2D eigenvalue weighted by Gasteiger charge is -2.42. The van der Waals surface area contributed by atoms with E-state index >= 15 is 4.39 Å². The number of nitrogens with two attached hydrogens (primary N) is 1. The van der Waals surface area contributed by atoms with Gasteiger partial charge in [-0.1, -0.05) is 11.6 Å². The molecule has 0 spiro atoms. The number of carbonyl (C=O) groups is 2. The maximum atomic E-state index is 16.1. The Hall–Kier alpha value is -6.75. The predicted molar refractivity (Wildman–Crippen MR) is 223 cm³/mol. The molecule has 2 fully saturated rings. The first-order chi connectivity index (χ1) is 28.8. The zero-order valence-electron chi connectivity index (χ0n) is 34.1. The Bertz CT molecular complexity index is 2640. The molecule has 4 heterocycles. The summed E-state index contributed by atoms with van der Waals surface area (Å²) in [6.07, 6.45) is 4.91. The van der Waals surface area contributed by atoms with E-state index in [1.807, 2.05) is 49.1 Å². The van der Waals surface area contributed by atoms with Crippen LogP contribution < -0.4 is 39.9 Å². The average molecular weight is 821 g/mol. The van der Waals surface area contributed by atoms with Crippen molar-refractivity contribution >= 4 is 51.6 Å². The average Bonchev–Trinajstić information content (AvgIpc) is 4.05. The monoisotopic (exact) mass is 820 g/mol. The third-order valence-electron chi connectivity index (χ3n) is 11.3. The lowest BCUT2D eigenvalue weighted by Crippen LogP contribution is -2.55. The highest BCUT2D eigenvalue weighted by Crippen LogP contribution is 2.44. The maximum Gasteiger partial charge on any atom is 0.341 e. The molecule has 5 aromatic rings. The van der Waals surface area contributed by atoms with Gasteiger partial charge < -0.3 is 39.3 Å². The van der Waals surface area contributed by atoms with E-state index in [0.717, 1.165) is 30.0 Å². The van der Waals surface area contributed by atoms with E-state index in [0.29, 0.717) is 65.6 Å². The molecule has 0 radical (unpaired) electrons. The minimum atomic E-state index is -1.37. The van der Waals surface area contributed by atoms with E-state index < -0.39 is 22.8 Å². The van der Waals surface area contributed by atoms with Crippen LogP contribution in [0.4, 0.5) is 27.5 Å². The Morgan fingerprint density at radius 3 is 2.33 bits per heavy atom. The van der Waals surface area contributed by atoms with Crippen molar-refractivity contribution < 1.29 is 38.0 Å². The third kappa shape index (κ3) is 7.07. The quantitative estimate of drug-likeness (QED) is 0.169. The number of carboxylic acids is 1. The highest BCUT2D eigenvalue weighted by atomic mass is 19.1. The number of nitrogen functional groups attached to an aromatic ring is 1. The van der Waals surface area contributed by atoms with Crippen molar-refractivity contribution in [2.24, 2.45) is 4.99 Å². The van der Waals surface area contributed by atoms with Crippen LogP contribution in [0.3, 0.4) is 0 Å². The summed E-state index contributed by atoms with van der Waals surface area (Å²) in [6, 6.07) is 10.3. The van der Waals surface area contributed by atoms with Crippen LogP contribution in [0.25, 0.3) is 10.9 Å². The first kappa shape index (κ1) is 40.0. The molecular formula is C43H45FN8O8. The molecule has 2 aromatic heterocycles. The Balaban J connectivity index is 1.04. The molecule has 1 unspecified atom stereocenters. The molecule has 1 aliphatic carbocycles. The van der Waals surface area contributed by atoms with Crippen LogP contribution in [0.1, 0.15) is 58.4 Å². The molecule has 2 aliphatic heterocycles. The number of hydrogen-bond acceptors (Lipinski definition) is 13. The first-order valence-corrected chi connectivity index (χ1v) is 19.4. The van der Waals surface area contributed by atoms with Crippen LogP contribution in [-0.4, -0.2) is 103 Å². The van der Waals surface area contributed by atoms with Crippen LogP contribution in [-0.2, 0) is 11.2 Å². The topological polar surface area (TPSA) is 187 Å². The summed E-state index contributed by atoms with van der Waals surface area (Å²) in [5.74, 6) is -0.463. The number of hydrogen-bond donors (Lipinski definition) is 2. The van der Waals surface area contributed by atoms with Gasteiger partial charge in [-0.15, -0.1) is 0 Å². The first-order valence-electron chi connectivity index (χ1n) is 19.4. The molecule has 1 atom stereocenters. The number of aromatic nitrogens is 3. The zero-order chi connectivity index (χ0) is 42.6. The lowest BCUT2D eigenvalue weighted by atomic mass is 10.1. The summed E-state index contributed by atoms with van der Waals surface area (Å²) in [4.78, 5) is 58.7. The van der Waals surface area contributed by atoms with Crippen molar-refractivity contribution in [3.05, 3.63) is 92.6 Å². The van der Waals surface area contributed by atoms with E-state index in [1.54, 1.807) is 29.9 Å². The fourth-order valence-electron chi connectivity index (χ4n) is 8.15. The van der Waals surface area contributed by atoms with Gasteiger partial charge in [-0.25, -0.2) is 19.2 Å². The number of ether oxygens (including phenoxy) is 4. The Morgan fingerprint density at radius 1 is 1.00 bits per heavy atom. The summed E-state index contributed by atoms with van der Waals surface area (Å²) in [5, 5.41) is 9.69. The van der Waals surface area contributed by atoms with Gasteiger partial charge >= 0.3 is 5.97 Å². The molecule has 1 saturated heterocycles. The number of carboxylic acid groups (broad SMARTS) is 1. The van der Waals surface area contributed by atoms with Crippen LogP contribution in [0.5, 0.6) is 23.0 Å². The van der Waals surface area contributed by atoms with E-state index in [1.165, 1.54) is 20.4 Å². The van der Waals surface area contributed by atoms with E-state index in [-0.39, 0.29) is 59.0 Å². The molecule has 16 nitrogen and oxygen atoms in total. The van der Waals surface area contributed by atoms with Crippen LogP contribution in [0, 0.1) is 12.7 Å². The van der Waals surface area contributed by atoms with Crippen molar-refractivity contribution in [2.75, 3.05) is 70.3 Å². The van der Waals surface area contributed by atoms with Gasteiger partial charge in [-0.05, 0) is 62.6 Å². The van der Waals surface area contributed by atoms with Gasteiger partial charge in [0.1, 0.15) is 22.8 Å². The summed E-state index contributed by atoms with van der Waals surface area (Å²) in [7, 11) is 6.05. The number of pyridine rings is 1. The number of nitrogens with zero attached hydrogens (tertiary/aromatic N) is 7. The highest BCUT2D eigenvalue weighted by Gasteiger charge is 2.38. The molecule has 3 aliphatic rings. The SMILES string of the molecule is COc1cc(Cc2cnc(N=C3C(=O)N(CN4CCN(c5c(F)cc6c(=O)c(C(=O)O)cn(C7CC7)c6c5OC)CC4C)c4ccc(C)cc43)nc2N)cc(OC)c1OC. The van der Waals surface area contributed by atoms with Crippen molar-refractivity contribution in [2.45, 2.75) is 45.2 Å². The Kier molecular flexibility index (Phi) is 10.5. The fraction of sp³-hybridized carbons (Fsp3) is 0.349. The normalized spacial score (nSPS) is 17.4. The molecule has 312 valence electrons. The van der Waals surface area contributed by atoms with E-state index in [9.17, 15) is 19.5 Å². The number of anilines is 3. The number of benzene rings is 3. The molecule has 1 saturated carbocycles. The summed E-state index contributed by atoms with van der Waals surface area (Å²) in [6.45, 7) is 5.38. The number of fused-ring (bicyclic) bond motifs is 2. The number of piperazine rings is 1. The van der Waals surface area contributed by atoms with Gasteiger partial charge in [-0.3, -0.25) is 19.4 Å². The lowest BCUT2D eigenvalue weighted by molar-refractivity contribution is -0.112. The van der Waals surface area contributed by atoms with Crippen LogP contribution >= 0.6 is 0 Å². The zero-order valence-corrected chi connectivity index (χ0v) is 34.1. The number of rotatable bonds is 12. The number of aromatic carboxylic acids is 1. The molecule has 17 heteroatoms. The van der Waals surface area contributed by atoms with Gasteiger partial charge in [0.05, 0.1) is 51.7 Å². The minimum absolute atomic E-state index is 0.0178. The standard InChI is InChI=1S/C43H45FN8O8/c1-22-7-10-31-27(13-22)34(47-43-46-18-25(40(45)48-43)14-24-15-32(57-3)38(59-5)33(16-24)58-4)41(54)52(31)21-50-12-11-49(19-23(50)2)36-30(44)17-28-35(39(36)60-6)51(26-8-9-26)20-29(37(28)53)42(55)56/h7,10,13,15-18,20,23,26H,8-9,11-12,14,19,21H2,1-6H3,(H,55,56)(H2,45,46,48). The number of aryl methyl sites for hydroxylation is 1. The second kappa shape index (κ2) is 15.8. The molecule has 8 rings (SSSR count). The number of amides is 1. The van der Waals surface area contributed by atoms with Crippen LogP contribution in [0.15, 0.2) is 58.6 Å². The van der Waals surface area contributed by atoms with Gasteiger partial charge in [0.25, 0.3) is 11.9 Å². The third-order valence-corrected chi connectivity index (χ3v) is 11.3. The number of carbonyl (C=O) groups excluding carboxylic acids is 1. The molecule has 1 amide bonds. The number of halogens is 1. The van der Waals surface area contributed by atoms with Gasteiger partial charge in [0.2, 0.25) is 11.2 Å². The van der Waals surface area contributed by atoms with E-state index in [4.69, 9.17) is 24.7 Å². The van der Waals surface area contributed by atoms with Crippen molar-refractivity contribution in [1.29, 1.82) is 0 Å². The molecule has 3 aromatic carbocycles. The minimum Gasteiger partial charge on any atom is -0.493 e. The summed E-state index contributed by atoms with van der Waals surface area (Å²) in [5.41, 5.74) is 9.78. The smallest absolute Gasteiger partial charge is 0.341 e. The molecular weight excluding hydrogens is 776 g/mol. The molecule has 0 bridgehead atoms. The van der Waals surface area contributed by atoms with Gasteiger partial charge in [0, 0.05) is 61.7 Å². The van der Waals surface area contributed by atoms with E-state index in [2.05, 4.69) is 19.9 Å². The fourth-order valence-corrected chi connectivity index (χ4v) is 8.15. The highest BCUT2D eigenvalue weighted by molar-refractivity contribution is 6.54. The Morgan fingerprint density at radius 2 is 1.72 bits per heavy atom. The van der Waals surface area contributed by atoms with Crippen molar-refractivity contribution in [1.82, 2.24) is 19.4 Å². The summed E-state index contributed by atoms with van der Waals surface area (Å²) >= 11 is 0. The second-order valence-corrected chi connectivity index (χ2v) is 15.2. The maximum absolute atomic E-state index is 16.1. The largest absolute Gasteiger partial charge is 0.493 e. The second-order valence-electron chi connectivity index (χ2n) is 15.2. The Labute approximate surface area is 344 Å². The van der Waals surface area contributed by atoms with Crippen LogP contribution in [0.2, 0.25) is 0 Å². The van der Waals surface area contributed by atoms with Crippen molar-refractivity contribution in [3.63, 3.8) is 0 Å². The van der Waals surface area contributed by atoms with Crippen molar-refractivity contribution in [3.8, 4) is 23.0 Å².